The zero-order valence-corrected chi connectivity index (χ0v) is 13.1. The van der Waals surface area contributed by atoms with E-state index in [-0.39, 0.29) is 0 Å². The molecule has 0 atom stereocenters. The first kappa shape index (κ1) is 15.6. The number of hydrogen-bond acceptors (Lipinski definition) is 3. The second-order valence-corrected chi connectivity index (χ2v) is 5.31. The fourth-order valence-corrected chi connectivity index (χ4v) is 2.35. The van der Waals surface area contributed by atoms with Gasteiger partial charge in [0, 0.05) is 24.3 Å². The molecule has 0 bridgehead atoms. The van der Waals surface area contributed by atoms with Crippen LogP contribution in [0.15, 0.2) is 47.1 Å². The van der Waals surface area contributed by atoms with Crippen molar-refractivity contribution >= 4 is 5.69 Å². The largest absolute Gasteiger partial charge is 0.467 e. The van der Waals surface area contributed by atoms with Crippen LogP contribution in [-0.4, -0.2) is 13.1 Å². The summed E-state index contributed by atoms with van der Waals surface area (Å²) >= 11 is 0. The summed E-state index contributed by atoms with van der Waals surface area (Å²) in [6, 6.07) is 12.7. The number of anilines is 1. The van der Waals surface area contributed by atoms with Crippen molar-refractivity contribution in [3.05, 3.63) is 54.0 Å². The molecule has 0 aliphatic rings. The average Bonchev–Trinajstić information content (AvgIpc) is 2.97. The van der Waals surface area contributed by atoms with Gasteiger partial charge in [0.05, 0.1) is 12.8 Å². The quantitative estimate of drug-likeness (QED) is 0.749. The highest BCUT2D eigenvalue weighted by Crippen LogP contribution is 2.19. The van der Waals surface area contributed by atoms with Crippen LogP contribution in [0.1, 0.15) is 38.0 Å². The SMILES string of the molecule is CCCCN(Cc1cc(CNCC)co1)c1ccccc1. The molecule has 0 radical (unpaired) electrons. The van der Waals surface area contributed by atoms with E-state index in [1.807, 2.05) is 6.26 Å². The third-order valence-electron chi connectivity index (χ3n) is 3.54. The Labute approximate surface area is 128 Å². The molecule has 114 valence electrons. The smallest absolute Gasteiger partial charge is 0.123 e. The molecular weight excluding hydrogens is 260 g/mol. The van der Waals surface area contributed by atoms with Crippen LogP contribution >= 0.6 is 0 Å². The zero-order chi connectivity index (χ0) is 14.9. The van der Waals surface area contributed by atoms with Gasteiger partial charge in [-0.05, 0) is 31.2 Å². The molecule has 0 fully saturated rings. The van der Waals surface area contributed by atoms with E-state index >= 15 is 0 Å². The van der Waals surface area contributed by atoms with Crippen molar-refractivity contribution in [1.82, 2.24) is 5.32 Å². The van der Waals surface area contributed by atoms with Gasteiger partial charge in [-0.15, -0.1) is 0 Å². The molecule has 0 amide bonds. The third-order valence-corrected chi connectivity index (χ3v) is 3.54. The molecule has 0 saturated heterocycles. The first-order chi connectivity index (χ1) is 10.3. The molecule has 0 aliphatic carbocycles. The Kier molecular flexibility index (Phi) is 6.35. The lowest BCUT2D eigenvalue weighted by Gasteiger charge is -2.23. The van der Waals surface area contributed by atoms with Gasteiger partial charge in [-0.25, -0.2) is 0 Å². The summed E-state index contributed by atoms with van der Waals surface area (Å²) in [5.41, 5.74) is 2.48. The number of para-hydroxylation sites is 1. The predicted molar refractivity (Wildman–Crippen MR) is 88.5 cm³/mol. The molecule has 3 heteroatoms. The lowest BCUT2D eigenvalue weighted by molar-refractivity contribution is 0.497. The Bertz CT molecular complexity index is 507. The number of nitrogens with zero attached hydrogens (tertiary/aromatic N) is 1. The van der Waals surface area contributed by atoms with Crippen molar-refractivity contribution < 1.29 is 4.42 Å². The van der Waals surface area contributed by atoms with Gasteiger partial charge >= 0.3 is 0 Å². The fourth-order valence-electron chi connectivity index (χ4n) is 2.35. The highest BCUT2D eigenvalue weighted by molar-refractivity contribution is 5.46. The molecule has 3 nitrogen and oxygen atoms in total. The minimum Gasteiger partial charge on any atom is -0.467 e. The Balaban J connectivity index is 2.02. The zero-order valence-electron chi connectivity index (χ0n) is 13.1. The van der Waals surface area contributed by atoms with Gasteiger partial charge in [-0.2, -0.15) is 0 Å². The monoisotopic (exact) mass is 286 g/mol. The highest BCUT2D eigenvalue weighted by atomic mass is 16.3. The van der Waals surface area contributed by atoms with Gasteiger partial charge in [-0.1, -0.05) is 38.5 Å². The molecule has 2 aromatic rings. The van der Waals surface area contributed by atoms with E-state index in [1.165, 1.54) is 24.1 Å². The predicted octanol–water partition coefficient (Wildman–Crippen LogP) is 4.20. The standard InChI is InChI=1S/C18H26N2O/c1-3-5-11-20(17-9-7-6-8-10-17)14-18-12-16(15-21-18)13-19-4-2/h6-10,12,15,19H,3-5,11,13-14H2,1-2H3. The van der Waals surface area contributed by atoms with Crippen molar-refractivity contribution in [2.24, 2.45) is 0 Å². The van der Waals surface area contributed by atoms with E-state index < -0.39 is 0 Å². The lowest BCUT2D eigenvalue weighted by Crippen LogP contribution is -2.23. The normalized spacial score (nSPS) is 10.8. The van der Waals surface area contributed by atoms with Crippen LogP contribution < -0.4 is 10.2 Å². The van der Waals surface area contributed by atoms with Gasteiger partial charge in [0.15, 0.2) is 0 Å². The van der Waals surface area contributed by atoms with E-state index in [4.69, 9.17) is 4.42 Å². The van der Waals surface area contributed by atoms with Gasteiger partial charge in [0.2, 0.25) is 0 Å². The number of benzene rings is 1. The molecular formula is C18H26N2O. The summed E-state index contributed by atoms with van der Waals surface area (Å²) in [7, 11) is 0. The number of furan rings is 1. The summed E-state index contributed by atoms with van der Waals surface area (Å²) in [6.45, 7) is 8.08. The third kappa shape index (κ3) is 4.94. The van der Waals surface area contributed by atoms with Gasteiger partial charge in [-0.3, -0.25) is 0 Å². The molecule has 1 aromatic heterocycles. The molecule has 0 saturated carbocycles. The van der Waals surface area contributed by atoms with Crippen molar-refractivity contribution in [1.29, 1.82) is 0 Å². The number of unbranched alkanes of at least 4 members (excludes halogenated alkanes) is 1. The van der Waals surface area contributed by atoms with Crippen molar-refractivity contribution in [3.8, 4) is 0 Å². The lowest BCUT2D eigenvalue weighted by atomic mass is 10.2. The van der Waals surface area contributed by atoms with Crippen molar-refractivity contribution in [3.63, 3.8) is 0 Å². The van der Waals surface area contributed by atoms with Gasteiger partial charge in [0.1, 0.15) is 5.76 Å². The average molecular weight is 286 g/mol. The van der Waals surface area contributed by atoms with Crippen molar-refractivity contribution in [2.45, 2.75) is 39.8 Å². The number of nitrogens with one attached hydrogen (secondary N) is 1. The molecule has 0 unspecified atom stereocenters. The summed E-state index contributed by atoms with van der Waals surface area (Å²) in [4.78, 5) is 2.39. The molecule has 0 spiro atoms. The molecule has 1 aromatic carbocycles. The van der Waals surface area contributed by atoms with E-state index in [1.54, 1.807) is 0 Å². The first-order valence-electron chi connectivity index (χ1n) is 7.90. The van der Waals surface area contributed by atoms with Crippen LogP contribution in [0.5, 0.6) is 0 Å². The minimum absolute atomic E-state index is 0.830. The Morgan fingerprint density at radius 3 is 2.67 bits per heavy atom. The molecule has 0 aliphatic heterocycles. The Morgan fingerprint density at radius 2 is 1.95 bits per heavy atom. The molecule has 21 heavy (non-hydrogen) atoms. The van der Waals surface area contributed by atoms with Gasteiger partial charge in [0.25, 0.3) is 0 Å². The maximum atomic E-state index is 5.71. The van der Waals surface area contributed by atoms with E-state index in [0.717, 1.165) is 31.9 Å². The van der Waals surface area contributed by atoms with Crippen LogP contribution in [0.2, 0.25) is 0 Å². The van der Waals surface area contributed by atoms with Gasteiger partial charge < -0.3 is 14.6 Å². The summed E-state index contributed by atoms with van der Waals surface area (Å²) < 4.78 is 5.71. The minimum atomic E-state index is 0.830. The van der Waals surface area contributed by atoms with Crippen LogP contribution in [-0.2, 0) is 13.1 Å². The molecule has 2 rings (SSSR count). The van der Waals surface area contributed by atoms with Crippen LogP contribution in [0.4, 0.5) is 5.69 Å². The van der Waals surface area contributed by atoms with E-state index in [0.29, 0.717) is 0 Å². The van der Waals surface area contributed by atoms with Crippen LogP contribution in [0.3, 0.4) is 0 Å². The highest BCUT2D eigenvalue weighted by Gasteiger charge is 2.09. The Morgan fingerprint density at radius 1 is 1.14 bits per heavy atom. The maximum absolute atomic E-state index is 5.71. The summed E-state index contributed by atoms with van der Waals surface area (Å²) in [6.07, 6.45) is 4.26. The van der Waals surface area contributed by atoms with Crippen molar-refractivity contribution in [2.75, 3.05) is 18.0 Å². The van der Waals surface area contributed by atoms with Crippen LogP contribution in [0, 0.1) is 0 Å². The van der Waals surface area contributed by atoms with Crippen LogP contribution in [0.25, 0.3) is 0 Å². The number of hydrogen-bond donors (Lipinski definition) is 1. The first-order valence-corrected chi connectivity index (χ1v) is 7.90. The fraction of sp³-hybridized carbons (Fsp3) is 0.444. The molecule has 1 N–H and O–H groups in total. The van der Waals surface area contributed by atoms with E-state index in [2.05, 4.69) is 60.5 Å². The topological polar surface area (TPSA) is 28.4 Å². The van der Waals surface area contributed by atoms with E-state index in [9.17, 15) is 0 Å². The second-order valence-electron chi connectivity index (χ2n) is 5.31. The molecule has 1 heterocycles. The number of rotatable bonds is 9. The second kappa shape index (κ2) is 8.53. The summed E-state index contributed by atoms with van der Waals surface area (Å²) in [5.74, 6) is 1.03. The summed E-state index contributed by atoms with van der Waals surface area (Å²) in [5, 5.41) is 3.32. The maximum Gasteiger partial charge on any atom is 0.123 e. The Hall–Kier alpha value is -1.74.